The van der Waals surface area contributed by atoms with E-state index < -0.39 is 16.4 Å². The van der Waals surface area contributed by atoms with E-state index in [1.165, 1.54) is 12.1 Å². The lowest BCUT2D eigenvalue weighted by Crippen LogP contribution is -2.52. The van der Waals surface area contributed by atoms with Gasteiger partial charge in [-0.25, -0.2) is 0 Å². The highest BCUT2D eigenvalue weighted by Gasteiger charge is 2.69. The molecule has 0 radical (unpaired) electrons. The molecule has 0 aromatic heterocycles. The number of fused-ring (bicyclic) bond motifs is 4. The van der Waals surface area contributed by atoms with Crippen molar-refractivity contribution in [3.8, 4) is 0 Å². The Morgan fingerprint density at radius 2 is 1.75 bits per heavy atom. The molecule has 0 unspecified atom stereocenters. The van der Waals surface area contributed by atoms with Gasteiger partial charge in [-0.05, 0) is 25.5 Å². The number of carbonyl (C=O) groups excluding carboxylic acids is 2. The van der Waals surface area contributed by atoms with Crippen molar-refractivity contribution in [2.24, 2.45) is 5.92 Å². The second-order valence-corrected chi connectivity index (χ2v) is 10.9. The van der Waals surface area contributed by atoms with E-state index in [0.29, 0.717) is 11.4 Å². The van der Waals surface area contributed by atoms with E-state index in [4.69, 9.17) is 0 Å². The predicted octanol–water partition coefficient (Wildman–Crippen LogP) is 5.03. The number of anilines is 1. The number of benzene rings is 3. The Labute approximate surface area is 213 Å². The van der Waals surface area contributed by atoms with Gasteiger partial charge in [0.05, 0.1) is 10.8 Å². The molecule has 3 aromatic carbocycles. The minimum absolute atomic E-state index is 0.00473. The van der Waals surface area contributed by atoms with Crippen molar-refractivity contribution in [3.63, 3.8) is 0 Å². The molecule has 6 rings (SSSR count). The highest BCUT2D eigenvalue weighted by atomic mass is 32.2. The number of nitrogens with one attached hydrogen (secondary N) is 1. The summed E-state index contributed by atoms with van der Waals surface area (Å²) in [6, 6.07) is 19.8. The minimum Gasteiger partial charge on any atom is -0.324 e. The summed E-state index contributed by atoms with van der Waals surface area (Å²) in [7, 11) is 0. The van der Waals surface area contributed by atoms with Crippen LogP contribution in [0.2, 0.25) is 0 Å². The van der Waals surface area contributed by atoms with Crippen molar-refractivity contribution < 1.29 is 14.5 Å². The van der Waals surface area contributed by atoms with Crippen LogP contribution in [0.3, 0.4) is 0 Å². The van der Waals surface area contributed by atoms with Gasteiger partial charge in [0, 0.05) is 52.5 Å². The number of thioether (sulfide) groups is 1. The molecule has 2 saturated heterocycles. The number of hydrogen-bond acceptors (Lipinski definition) is 6. The Morgan fingerprint density at radius 1 is 1.06 bits per heavy atom. The van der Waals surface area contributed by atoms with Crippen LogP contribution in [0.25, 0.3) is 0 Å². The van der Waals surface area contributed by atoms with Gasteiger partial charge < -0.3 is 5.32 Å². The van der Waals surface area contributed by atoms with E-state index in [1.54, 1.807) is 23.9 Å². The van der Waals surface area contributed by atoms with Crippen molar-refractivity contribution in [1.82, 2.24) is 4.90 Å². The zero-order chi connectivity index (χ0) is 25.2. The van der Waals surface area contributed by atoms with Crippen LogP contribution in [0.4, 0.5) is 11.4 Å². The Balaban J connectivity index is 1.59. The monoisotopic (exact) mass is 499 g/mol. The number of nitro groups is 1. The van der Waals surface area contributed by atoms with Crippen LogP contribution in [0.1, 0.15) is 38.5 Å². The molecule has 3 heterocycles. The van der Waals surface area contributed by atoms with E-state index in [1.807, 2.05) is 56.3 Å². The maximum Gasteiger partial charge on any atom is 0.269 e. The first-order chi connectivity index (χ1) is 17.3. The summed E-state index contributed by atoms with van der Waals surface area (Å²) >= 11 is 1.75. The third-order valence-corrected chi connectivity index (χ3v) is 8.92. The van der Waals surface area contributed by atoms with Crippen LogP contribution in [0.5, 0.6) is 0 Å². The van der Waals surface area contributed by atoms with Crippen LogP contribution in [-0.2, 0) is 10.3 Å². The fourth-order valence-corrected chi connectivity index (χ4v) is 7.60. The van der Waals surface area contributed by atoms with Gasteiger partial charge >= 0.3 is 0 Å². The number of nitro benzene ring substituents is 1. The summed E-state index contributed by atoms with van der Waals surface area (Å²) < 4.78 is 0. The van der Waals surface area contributed by atoms with Gasteiger partial charge in [-0.1, -0.05) is 59.7 Å². The number of carbonyl (C=O) groups is 2. The van der Waals surface area contributed by atoms with Crippen molar-refractivity contribution in [1.29, 1.82) is 0 Å². The molecular formula is C28H25N3O4S. The van der Waals surface area contributed by atoms with Crippen molar-refractivity contribution in [2.45, 2.75) is 31.3 Å². The predicted molar refractivity (Wildman–Crippen MR) is 139 cm³/mol. The Morgan fingerprint density at radius 3 is 2.44 bits per heavy atom. The lowest BCUT2D eigenvalue weighted by atomic mass is 9.69. The lowest BCUT2D eigenvalue weighted by molar-refractivity contribution is -0.384. The van der Waals surface area contributed by atoms with E-state index in [-0.39, 0.29) is 29.3 Å². The number of aryl methyl sites for hydroxylation is 2. The summed E-state index contributed by atoms with van der Waals surface area (Å²) in [5, 5.41) is 14.4. The highest BCUT2D eigenvalue weighted by Crippen LogP contribution is 2.61. The summed E-state index contributed by atoms with van der Waals surface area (Å²) in [5.41, 5.74) is 3.93. The Kier molecular flexibility index (Phi) is 5.28. The smallest absolute Gasteiger partial charge is 0.269 e. The lowest BCUT2D eigenvalue weighted by Gasteiger charge is -2.36. The molecule has 0 saturated carbocycles. The van der Waals surface area contributed by atoms with E-state index in [2.05, 4.69) is 10.2 Å². The molecule has 1 N–H and O–H groups in total. The number of ketones is 1. The summed E-state index contributed by atoms with van der Waals surface area (Å²) in [4.78, 5) is 41.5. The number of Topliss-reactive ketones (excluding diaryl/α,β-unsaturated/α-hetero) is 1. The van der Waals surface area contributed by atoms with Crippen molar-refractivity contribution in [2.75, 3.05) is 16.9 Å². The second-order valence-electron chi connectivity index (χ2n) is 9.89. The molecule has 2 fully saturated rings. The quantitative estimate of drug-likeness (QED) is 0.308. The first-order valence-corrected chi connectivity index (χ1v) is 13.1. The molecular weight excluding hydrogens is 474 g/mol. The van der Waals surface area contributed by atoms with E-state index >= 15 is 0 Å². The van der Waals surface area contributed by atoms with Gasteiger partial charge in [0.15, 0.2) is 5.78 Å². The number of hydrogen-bond donors (Lipinski definition) is 1. The largest absolute Gasteiger partial charge is 0.324 e. The van der Waals surface area contributed by atoms with Crippen LogP contribution < -0.4 is 5.32 Å². The van der Waals surface area contributed by atoms with Crippen LogP contribution in [-0.4, -0.2) is 39.2 Å². The molecule has 1 amide bonds. The average molecular weight is 500 g/mol. The van der Waals surface area contributed by atoms with Gasteiger partial charge in [0.2, 0.25) is 5.91 Å². The number of non-ortho nitro benzene ring substituents is 1. The summed E-state index contributed by atoms with van der Waals surface area (Å²) in [5.74, 6) is 0.164. The van der Waals surface area contributed by atoms with Crippen LogP contribution in [0, 0.1) is 29.9 Å². The number of rotatable bonds is 4. The van der Waals surface area contributed by atoms with Crippen molar-refractivity contribution in [3.05, 3.63) is 105 Å². The Bertz CT molecular complexity index is 1410. The first kappa shape index (κ1) is 22.9. The topological polar surface area (TPSA) is 92.5 Å². The molecule has 3 aliphatic rings. The van der Waals surface area contributed by atoms with Gasteiger partial charge in [-0.3, -0.25) is 24.6 Å². The molecule has 4 atom stereocenters. The summed E-state index contributed by atoms with van der Waals surface area (Å²) in [6.07, 6.45) is 0. The van der Waals surface area contributed by atoms with Crippen molar-refractivity contribution >= 4 is 34.8 Å². The maximum atomic E-state index is 14.4. The molecule has 3 aliphatic heterocycles. The fourth-order valence-electron chi connectivity index (χ4n) is 6.28. The molecule has 3 aromatic rings. The van der Waals surface area contributed by atoms with Gasteiger partial charge in [0.25, 0.3) is 5.69 Å². The van der Waals surface area contributed by atoms with Gasteiger partial charge in [0.1, 0.15) is 5.54 Å². The van der Waals surface area contributed by atoms with E-state index in [9.17, 15) is 19.7 Å². The molecule has 7 nitrogen and oxygen atoms in total. The molecule has 8 heteroatoms. The maximum absolute atomic E-state index is 14.4. The normalized spacial score (nSPS) is 26.6. The molecule has 0 aliphatic carbocycles. The highest BCUT2D eigenvalue weighted by molar-refractivity contribution is 7.99. The molecule has 0 bridgehead atoms. The minimum atomic E-state index is -1.15. The SMILES string of the molecule is Cc1ccc(C(=O)[C@@H]2[C@@H](c3ccc([N+](=O)[O-])cc3)[C@@H]3CSCN3[C@]23C(=O)Nc2ccc(C)cc23)cc1. The second kappa shape index (κ2) is 8.28. The first-order valence-electron chi connectivity index (χ1n) is 11.9. The number of amides is 1. The third-order valence-electron chi connectivity index (χ3n) is 7.88. The third kappa shape index (κ3) is 3.17. The molecule has 36 heavy (non-hydrogen) atoms. The zero-order valence-corrected chi connectivity index (χ0v) is 20.7. The van der Waals surface area contributed by atoms with Crippen LogP contribution in [0.15, 0.2) is 66.7 Å². The van der Waals surface area contributed by atoms with Crippen LogP contribution >= 0.6 is 11.8 Å². The number of nitrogens with zero attached hydrogens (tertiary/aromatic N) is 2. The Hall–Kier alpha value is -3.49. The molecule has 1 spiro atoms. The standard InChI is InChI=1S/C28H25N3O4S/c1-16-3-6-19(7-4-16)26(32)25-24(18-8-10-20(11-9-18)31(34)35)23-14-36-15-30(23)28(25)21-13-17(2)5-12-22(21)29-27(28)33/h3-13,23-25H,14-15H2,1-2H3,(H,29,33)/t23-,24-,25-,28-/m0/s1. The fraction of sp³-hybridized carbons (Fsp3) is 0.286. The van der Waals surface area contributed by atoms with Gasteiger partial charge in [-0.2, -0.15) is 0 Å². The van der Waals surface area contributed by atoms with E-state index in [0.717, 1.165) is 33.7 Å². The summed E-state index contributed by atoms with van der Waals surface area (Å²) in [6.45, 7) is 3.97. The average Bonchev–Trinajstić information content (AvgIpc) is 3.52. The van der Waals surface area contributed by atoms with Gasteiger partial charge in [-0.15, -0.1) is 11.8 Å². The molecule has 182 valence electrons. The zero-order valence-electron chi connectivity index (χ0n) is 19.9.